The van der Waals surface area contributed by atoms with Gasteiger partial charge in [0.2, 0.25) is 0 Å². The molecule has 0 aromatic heterocycles. The molecule has 0 aliphatic rings. The molecule has 0 heterocycles. The highest BCUT2D eigenvalue weighted by molar-refractivity contribution is 7.99. The van der Waals surface area contributed by atoms with Crippen LogP contribution in [0.4, 0.5) is 17.1 Å². The van der Waals surface area contributed by atoms with E-state index in [2.05, 4.69) is 80.9 Å². The Kier molecular flexibility index (Phi) is 6.24. The molecule has 0 unspecified atom stereocenters. The number of benzene rings is 4. The summed E-state index contributed by atoms with van der Waals surface area (Å²) in [6.07, 6.45) is 3.35. The zero-order valence-corrected chi connectivity index (χ0v) is 19.2. The van der Waals surface area contributed by atoms with Crippen molar-refractivity contribution in [1.82, 2.24) is 0 Å². The van der Waals surface area contributed by atoms with Crippen LogP contribution in [0.2, 0.25) is 0 Å². The maximum absolute atomic E-state index is 6.72. The molecular weight excluding hydrogens is 396 g/mol. The molecule has 0 aliphatic heterocycles. The molecule has 4 aromatic carbocycles. The number of aryl methyl sites for hydroxylation is 1. The standard InChI is InChI=1S/C28H30N2S/c1-5-9-20-12-14-21(15-13-20)30-24-17-25(31-16-6-2)28(29)27-19(4)23-11-8-7-10-22(23)18(3)26(24)27/h7-8,10-15,17,30H,3-6,9,16,29H2,1-2H3. The van der Waals surface area contributed by atoms with Crippen LogP contribution in [0.3, 0.4) is 0 Å². The fourth-order valence-corrected chi connectivity index (χ4v) is 5.09. The minimum absolute atomic E-state index is 0.804. The smallest absolute Gasteiger partial charge is 0.0539 e. The molecule has 0 spiro atoms. The highest BCUT2D eigenvalue weighted by Gasteiger charge is 2.15. The summed E-state index contributed by atoms with van der Waals surface area (Å²) in [6, 6.07) is 19.2. The zero-order chi connectivity index (χ0) is 22.0. The third kappa shape index (κ3) is 4.03. The molecule has 0 fully saturated rings. The highest BCUT2D eigenvalue weighted by atomic mass is 32.2. The van der Waals surface area contributed by atoms with Crippen LogP contribution in [0.1, 0.15) is 32.3 Å². The van der Waals surface area contributed by atoms with Gasteiger partial charge in [-0.3, -0.25) is 0 Å². The molecule has 4 aromatic rings. The third-order valence-corrected chi connectivity index (χ3v) is 7.00. The molecule has 0 amide bonds. The van der Waals surface area contributed by atoms with Gasteiger partial charge in [-0.2, -0.15) is 0 Å². The lowest BCUT2D eigenvalue weighted by atomic mass is 9.96. The summed E-state index contributed by atoms with van der Waals surface area (Å²) in [6.45, 7) is 13.3. The Morgan fingerprint density at radius 3 is 2.13 bits per heavy atom. The molecule has 2 nitrogen and oxygen atoms in total. The molecule has 31 heavy (non-hydrogen) atoms. The number of anilines is 3. The van der Waals surface area contributed by atoms with Crippen LogP contribution in [-0.2, 0) is 6.42 Å². The fraction of sp³-hybridized carbons (Fsp3) is 0.214. The van der Waals surface area contributed by atoms with E-state index in [0.717, 1.165) is 79.0 Å². The average Bonchev–Trinajstić information content (AvgIpc) is 2.79. The van der Waals surface area contributed by atoms with E-state index in [-0.39, 0.29) is 0 Å². The Morgan fingerprint density at radius 2 is 1.52 bits per heavy atom. The van der Waals surface area contributed by atoms with Gasteiger partial charge in [-0.25, -0.2) is 0 Å². The van der Waals surface area contributed by atoms with Crippen LogP contribution in [0, 0.1) is 0 Å². The van der Waals surface area contributed by atoms with Crippen molar-refractivity contribution in [1.29, 1.82) is 0 Å². The molecule has 0 saturated carbocycles. The number of nitrogen functional groups attached to an aromatic ring is 1. The van der Waals surface area contributed by atoms with Gasteiger partial charge in [-0.15, -0.1) is 11.8 Å². The van der Waals surface area contributed by atoms with Crippen LogP contribution in [0.5, 0.6) is 0 Å². The van der Waals surface area contributed by atoms with Gasteiger partial charge in [0.25, 0.3) is 0 Å². The van der Waals surface area contributed by atoms with Gasteiger partial charge in [0.1, 0.15) is 0 Å². The first-order valence-corrected chi connectivity index (χ1v) is 12.0. The summed E-state index contributed by atoms with van der Waals surface area (Å²) in [5.41, 5.74) is 11.0. The largest absolute Gasteiger partial charge is 0.397 e. The quantitative estimate of drug-likeness (QED) is 0.199. The van der Waals surface area contributed by atoms with Crippen LogP contribution in [0.25, 0.3) is 34.7 Å². The van der Waals surface area contributed by atoms with Crippen molar-refractivity contribution >= 4 is 63.5 Å². The molecule has 0 saturated heterocycles. The Bertz CT molecular complexity index is 1340. The van der Waals surface area contributed by atoms with Crippen molar-refractivity contribution in [2.45, 2.75) is 38.0 Å². The van der Waals surface area contributed by atoms with E-state index in [1.165, 1.54) is 5.56 Å². The molecule has 3 N–H and O–H groups in total. The predicted octanol–water partition coefficient (Wildman–Crippen LogP) is 6.59. The van der Waals surface area contributed by atoms with Crippen LogP contribution >= 0.6 is 11.8 Å². The minimum Gasteiger partial charge on any atom is -0.397 e. The monoisotopic (exact) mass is 426 g/mol. The number of nitrogens with two attached hydrogens (primary N) is 1. The Labute approximate surface area is 188 Å². The van der Waals surface area contributed by atoms with Gasteiger partial charge >= 0.3 is 0 Å². The second kappa shape index (κ2) is 9.07. The number of hydrogen-bond acceptors (Lipinski definition) is 3. The SMILES string of the molecule is C=c1c2ccccc2c(=C)c2c(N)c(SCCC)cc(Nc3ccc(CCC)cc3)c12. The van der Waals surface area contributed by atoms with Crippen molar-refractivity contribution in [3.05, 3.63) is 70.6 Å². The lowest BCUT2D eigenvalue weighted by Gasteiger charge is -2.18. The summed E-state index contributed by atoms with van der Waals surface area (Å²) in [5, 5.41) is 9.91. The van der Waals surface area contributed by atoms with Gasteiger partial charge in [-0.05, 0) is 63.6 Å². The van der Waals surface area contributed by atoms with Gasteiger partial charge in [0.05, 0.1) is 5.69 Å². The molecular formula is C28H30N2S. The molecule has 0 bridgehead atoms. The van der Waals surface area contributed by atoms with E-state index in [4.69, 9.17) is 5.73 Å². The first-order valence-electron chi connectivity index (χ1n) is 11.0. The second-order valence-corrected chi connectivity index (χ2v) is 9.15. The maximum atomic E-state index is 6.72. The molecule has 158 valence electrons. The second-order valence-electron chi connectivity index (χ2n) is 8.01. The fourth-order valence-electron chi connectivity index (χ4n) is 4.21. The van der Waals surface area contributed by atoms with Crippen molar-refractivity contribution in [3.8, 4) is 0 Å². The maximum Gasteiger partial charge on any atom is 0.0539 e. The lowest BCUT2D eigenvalue weighted by molar-refractivity contribution is 0.922. The summed E-state index contributed by atoms with van der Waals surface area (Å²) in [5.74, 6) is 1.03. The summed E-state index contributed by atoms with van der Waals surface area (Å²) in [4.78, 5) is 1.10. The first-order chi connectivity index (χ1) is 15.0. The predicted molar refractivity (Wildman–Crippen MR) is 141 cm³/mol. The molecule has 0 aliphatic carbocycles. The molecule has 4 rings (SSSR count). The number of thioether (sulfide) groups is 1. The Hall–Kier alpha value is -2.91. The van der Waals surface area contributed by atoms with Crippen LogP contribution in [-0.4, -0.2) is 5.75 Å². The van der Waals surface area contributed by atoms with Crippen molar-refractivity contribution in [2.24, 2.45) is 0 Å². The number of fused-ring (bicyclic) bond motifs is 2. The van der Waals surface area contributed by atoms with E-state index in [1.54, 1.807) is 11.8 Å². The van der Waals surface area contributed by atoms with E-state index in [1.807, 2.05) is 6.07 Å². The zero-order valence-electron chi connectivity index (χ0n) is 18.4. The molecule has 3 heteroatoms. The first kappa shape index (κ1) is 21.3. The summed E-state index contributed by atoms with van der Waals surface area (Å²) < 4.78 is 0. The van der Waals surface area contributed by atoms with Crippen LogP contribution < -0.4 is 21.5 Å². The van der Waals surface area contributed by atoms with Crippen molar-refractivity contribution < 1.29 is 0 Å². The van der Waals surface area contributed by atoms with E-state index in [0.29, 0.717) is 0 Å². The van der Waals surface area contributed by atoms with Gasteiger partial charge in [0.15, 0.2) is 0 Å². The summed E-state index contributed by atoms with van der Waals surface area (Å²) in [7, 11) is 0. The van der Waals surface area contributed by atoms with Crippen LogP contribution in [0.15, 0.2) is 59.5 Å². The van der Waals surface area contributed by atoms with Gasteiger partial charge < -0.3 is 11.1 Å². The van der Waals surface area contributed by atoms with E-state index in [9.17, 15) is 0 Å². The minimum atomic E-state index is 0.804. The number of rotatable bonds is 7. The van der Waals surface area contributed by atoms with Gasteiger partial charge in [-0.1, -0.05) is 69.8 Å². The number of nitrogens with one attached hydrogen (secondary N) is 1. The lowest BCUT2D eigenvalue weighted by Crippen LogP contribution is -2.16. The van der Waals surface area contributed by atoms with Crippen molar-refractivity contribution in [2.75, 3.05) is 16.8 Å². The third-order valence-electron chi connectivity index (χ3n) is 5.74. The normalized spacial score (nSPS) is 11.3. The van der Waals surface area contributed by atoms with E-state index >= 15 is 0 Å². The number of hydrogen-bond donors (Lipinski definition) is 2. The van der Waals surface area contributed by atoms with Crippen molar-refractivity contribution in [3.63, 3.8) is 0 Å². The Balaban J connectivity index is 1.97. The molecule has 0 radical (unpaired) electrons. The van der Waals surface area contributed by atoms with Gasteiger partial charge in [0, 0.05) is 27.0 Å². The van der Waals surface area contributed by atoms with E-state index < -0.39 is 0 Å². The molecule has 0 atom stereocenters. The topological polar surface area (TPSA) is 38.0 Å². The average molecular weight is 427 g/mol. The highest BCUT2D eigenvalue weighted by Crippen LogP contribution is 2.36. The Morgan fingerprint density at radius 1 is 0.871 bits per heavy atom. The summed E-state index contributed by atoms with van der Waals surface area (Å²) >= 11 is 1.80.